The number of ether oxygens (including phenoxy) is 1. The molecule has 0 aromatic heterocycles. The third-order valence-corrected chi connectivity index (χ3v) is 3.77. The van der Waals surface area contributed by atoms with Crippen LogP contribution in [0.2, 0.25) is 0 Å². The first kappa shape index (κ1) is 13.6. The fourth-order valence-electron chi connectivity index (χ4n) is 2.22. The van der Waals surface area contributed by atoms with Gasteiger partial charge in [0.2, 0.25) is 5.91 Å². The van der Waals surface area contributed by atoms with Crippen molar-refractivity contribution in [3.05, 3.63) is 29.8 Å². The highest BCUT2D eigenvalue weighted by Gasteiger charge is 2.59. The Balaban J connectivity index is 2.17. The summed E-state index contributed by atoms with van der Waals surface area (Å²) in [5.41, 5.74) is 1.09. The van der Waals surface area contributed by atoms with Crippen molar-refractivity contribution in [3.8, 4) is 0 Å². The van der Waals surface area contributed by atoms with E-state index in [1.54, 1.807) is 11.9 Å². The van der Waals surface area contributed by atoms with E-state index in [-0.39, 0.29) is 5.91 Å². The topological polar surface area (TPSA) is 46.6 Å². The number of methoxy groups -OCH3 is 1. The number of aryl methyl sites for hydroxylation is 1. The average molecular weight is 261 g/mol. The van der Waals surface area contributed by atoms with Crippen LogP contribution in [0.3, 0.4) is 0 Å². The van der Waals surface area contributed by atoms with Crippen molar-refractivity contribution >= 4 is 17.6 Å². The van der Waals surface area contributed by atoms with Crippen molar-refractivity contribution in [2.75, 3.05) is 19.1 Å². The summed E-state index contributed by atoms with van der Waals surface area (Å²) >= 11 is 0. The first-order valence-electron chi connectivity index (χ1n) is 6.50. The molecule has 0 radical (unpaired) electrons. The SMILES string of the molecule is CCc1ccc(N(C)C(=O)C2(C(=O)OC)CC2)cc1. The lowest BCUT2D eigenvalue weighted by molar-refractivity contribution is -0.151. The summed E-state index contributed by atoms with van der Waals surface area (Å²) in [6.45, 7) is 2.08. The van der Waals surface area contributed by atoms with Gasteiger partial charge in [-0.3, -0.25) is 9.59 Å². The summed E-state index contributed by atoms with van der Waals surface area (Å²) in [4.78, 5) is 25.7. The Kier molecular flexibility index (Phi) is 3.60. The van der Waals surface area contributed by atoms with Gasteiger partial charge in [0.25, 0.3) is 0 Å². The molecule has 2 rings (SSSR count). The molecular weight excluding hydrogens is 242 g/mol. The van der Waals surface area contributed by atoms with Crippen LogP contribution in [-0.4, -0.2) is 26.0 Å². The number of hydrogen-bond donors (Lipinski definition) is 0. The zero-order chi connectivity index (χ0) is 14.0. The van der Waals surface area contributed by atoms with E-state index >= 15 is 0 Å². The van der Waals surface area contributed by atoms with E-state index in [1.807, 2.05) is 24.3 Å². The summed E-state index contributed by atoms with van der Waals surface area (Å²) in [5.74, 6) is -0.599. The predicted octanol–water partition coefficient (Wildman–Crippen LogP) is 2.17. The fraction of sp³-hybridized carbons (Fsp3) is 0.467. The monoisotopic (exact) mass is 261 g/mol. The van der Waals surface area contributed by atoms with E-state index in [0.29, 0.717) is 12.8 Å². The van der Waals surface area contributed by atoms with Crippen LogP contribution in [-0.2, 0) is 20.7 Å². The minimum absolute atomic E-state index is 0.177. The van der Waals surface area contributed by atoms with E-state index in [1.165, 1.54) is 12.7 Å². The Morgan fingerprint density at radius 1 is 1.26 bits per heavy atom. The zero-order valence-corrected chi connectivity index (χ0v) is 11.6. The molecule has 19 heavy (non-hydrogen) atoms. The van der Waals surface area contributed by atoms with Gasteiger partial charge in [-0.15, -0.1) is 0 Å². The second-order valence-corrected chi connectivity index (χ2v) is 4.96. The molecular formula is C15H19NO3. The lowest BCUT2D eigenvalue weighted by Gasteiger charge is -2.22. The molecule has 1 aromatic carbocycles. The molecule has 1 aliphatic rings. The van der Waals surface area contributed by atoms with E-state index in [2.05, 4.69) is 6.92 Å². The van der Waals surface area contributed by atoms with Crippen LogP contribution in [0.4, 0.5) is 5.69 Å². The molecule has 0 spiro atoms. The minimum atomic E-state index is -0.938. The normalized spacial score (nSPS) is 15.7. The third kappa shape index (κ3) is 2.35. The molecule has 0 unspecified atom stereocenters. The molecule has 1 fully saturated rings. The van der Waals surface area contributed by atoms with Crippen molar-refractivity contribution in [3.63, 3.8) is 0 Å². The molecule has 1 aliphatic carbocycles. The first-order chi connectivity index (χ1) is 9.05. The quantitative estimate of drug-likeness (QED) is 0.616. The summed E-state index contributed by atoms with van der Waals surface area (Å²) < 4.78 is 4.73. The van der Waals surface area contributed by atoms with Gasteiger partial charge in [0, 0.05) is 12.7 Å². The number of amides is 1. The third-order valence-electron chi connectivity index (χ3n) is 3.77. The van der Waals surface area contributed by atoms with Gasteiger partial charge in [-0.05, 0) is 37.0 Å². The number of carbonyl (C=O) groups is 2. The van der Waals surface area contributed by atoms with Crippen LogP contribution in [0.25, 0.3) is 0 Å². The van der Waals surface area contributed by atoms with Crippen molar-refractivity contribution < 1.29 is 14.3 Å². The van der Waals surface area contributed by atoms with Crippen LogP contribution in [0.5, 0.6) is 0 Å². The van der Waals surface area contributed by atoms with Gasteiger partial charge in [0.15, 0.2) is 0 Å². The summed E-state index contributed by atoms with van der Waals surface area (Å²) in [7, 11) is 3.03. The van der Waals surface area contributed by atoms with E-state index in [0.717, 1.165) is 12.1 Å². The van der Waals surface area contributed by atoms with Crippen LogP contribution < -0.4 is 4.90 Å². The van der Waals surface area contributed by atoms with E-state index in [4.69, 9.17) is 4.74 Å². The van der Waals surface area contributed by atoms with Gasteiger partial charge in [0.05, 0.1) is 7.11 Å². The first-order valence-corrected chi connectivity index (χ1v) is 6.50. The number of hydrogen-bond acceptors (Lipinski definition) is 3. The van der Waals surface area contributed by atoms with Gasteiger partial charge in [-0.1, -0.05) is 19.1 Å². The highest BCUT2D eigenvalue weighted by molar-refractivity contribution is 6.12. The van der Waals surface area contributed by atoms with Gasteiger partial charge < -0.3 is 9.64 Å². The lowest BCUT2D eigenvalue weighted by Crippen LogP contribution is -2.39. The molecule has 0 bridgehead atoms. The van der Waals surface area contributed by atoms with Crippen LogP contribution in [0.15, 0.2) is 24.3 Å². The highest BCUT2D eigenvalue weighted by atomic mass is 16.5. The molecule has 1 amide bonds. The van der Waals surface area contributed by atoms with Gasteiger partial charge in [0.1, 0.15) is 5.41 Å². The Labute approximate surface area is 113 Å². The van der Waals surface area contributed by atoms with Gasteiger partial charge in [-0.25, -0.2) is 0 Å². The zero-order valence-electron chi connectivity index (χ0n) is 11.6. The molecule has 4 heteroatoms. The fourth-order valence-corrected chi connectivity index (χ4v) is 2.22. The molecule has 0 heterocycles. The highest BCUT2D eigenvalue weighted by Crippen LogP contribution is 2.48. The molecule has 1 saturated carbocycles. The maximum atomic E-state index is 12.4. The Morgan fingerprint density at radius 3 is 2.26 bits per heavy atom. The van der Waals surface area contributed by atoms with Crippen molar-refractivity contribution in [1.82, 2.24) is 0 Å². The standard InChI is InChI=1S/C15H19NO3/c1-4-11-5-7-12(8-6-11)16(2)13(17)15(9-10-15)14(18)19-3/h5-8H,4,9-10H2,1-3H3. The van der Waals surface area contributed by atoms with Crippen LogP contribution in [0, 0.1) is 5.41 Å². The smallest absolute Gasteiger partial charge is 0.321 e. The van der Waals surface area contributed by atoms with E-state index < -0.39 is 11.4 Å². The molecule has 0 N–H and O–H groups in total. The molecule has 0 aliphatic heterocycles. The van der Waals surface area contributed by atoms with Crippen molar-refractivity contribution in [2.24, 2.45) is 5.41 Å². The van der Waals surface area contributed by atoms with Crippen molar-refractivity contribution in [1.29, 1.82) is 0 Å². The largest absolute Gasteiger partial charge is 0.468 e. The maximum absolute atomic E-state index is 12.4. The number of carbonyl (C=O) groups excluding carboxylic acids is 2. The average Bonchev–Trinajstić information content (AvgIpc) is 3.26. The predicted molar refractivity (Wildman–Crippen MR) is 72.9 cm³/mol. The Bertz CT molecular complexity index is 489. The van der Waals surface area contributed by atoms with Crippen LogP contribution in [0.1, 0.15) is 25.3 Å². The number of nitrogens with zero attached hydrogens (tertiary/aromatic N) is 1. The van der Waals surface area contributed by atoms with Gasteiger partial charge in [-0.2, -0.15) is 0 Å². The number of rotatable bonds is 4. The molecule has 0 atom stereocenters. The lowest BCUT2D eigenvalue weighted by atomic mass is 10.1. The van der Waals surface area contributed by atoms with Crippen molar-refractivity contribution in [2.45, 2.75) is 26.2 Å². The second kappa shape index (κ2) is 5.03. The maximum Gasteiger partial charge on any atom is 0.321 e. The number of esters is 1. The Morgan fingerprint density at radius 2 is 1.84 bits per heavy atom. The van der Waals surface area contributed by atoms with Gasteiger partial charge >= 0.3 is 5.97 Å². The minimum Gasteiger partial charge on any atom is -0.468 e. The molecule has 102 valence electrons. The Hall–Kier alpha value is -1.84. The summed E-state index contributed by atoms with van der Waals surface area (Å²) in [5, 5.41) is 0. The molecule has 4 nitrogen and oxygen atoms in total. The summed E-state index contributed by atoms with van der Waals surface area (Å²) in [6, 6.07) is 7.81. The molecule has 1 aromatic rings. The second-order valence-electron chi connectivity index (χ2n) is 4.96. The number of anilines is 1. The number of benzene rings is 1. The van der Waals surface area contributed by atoms with E-state index in [9.17, 15) is 9.59 Å². The summed E-state index contributed by atoms with van der Waals surface area (Å²) in [6.07, 6.45) is 2.12. The van der Waals surface area contributed by atoms with Crippen LogP contribution >= 0.6 is 0 Å². The molecule has 0 saturated heterocycles.